The fraction of sp³-hybridized carbons (Fsp3) is 0.273. The van der Waals surface area contributed by atoms with E-state index < -0.39 is 0 Å². The first-order chi connectivity index (χ1) is 6.67. The highest BCUT2D eigenvalue weighted by Gasteiger charge is 2.08. The molecule has 1 rings (SSSR count). The lowest BCUT2D eigenvalue weighted by atomic mass is 10.0. The van der Waals surface area contributed by atoms with Gasteiger partial charge < -0.3 is 0 Å². The Morgan fingerprint density at radius 1 is 1.57 bits per heavy atom. The van der Waals surface area contributed by atoms with Gasteiger partial charge in [0.05, 0.1) is 6.04 Å². The molecule has 14 heavy (non-hydrogen) atoms. The molecule has 1 aromatic rings. The van der Waals surface area contributed by atoms with Gasteiger partial charge in [-0.2, -0.15) is 0 Å². The SMILES string of the molecule is C#CCC(NN)c1cc(C)cc(Cl)c1. The number of rotatable bonds is 3. The van der Waals surface area contributed by atoms with E-state index in [-0.39, 0.29) is 6.04 Å². The van der Waals surface area contributed by atoms with Gasteiger partial charge in [-0.1, -0.05) is 17.7 Å². The Morgan fingerprint density at radius 2 is 2.29 bits per heavy atom. The number of nitrogens with two attached hydrogens (primary N) is 1. The molecule has 0 heterocycles. The van der Waals surface area contributed by atoms with Gasteiger partial charge in [0, 0.05) is 11.4 Å². The molecule has 0 fully saturated rings. The number of hydrazine groups is 1. The van der Waals surface area contributed by atoms with Gasteiger partial charge in [-0.15, -0.1) is 12.3 Å². The molecule has 0 saturated carbocycles. The van der Waals surface area contributed by atoms with Gasteiger partial charge in [0.15, 0.2) is 0 Å². The van der Waals surface area contributed by atoms with Crippen molar-refractivity contribution in [3.63, 3.8) is 0 Å². The van der Waals surface area contributed by atoms with E-state index in [4.69, 9.17) is 23.9 Å². The summed E-state index contributed by atoms with van der Waals surface area (Å²) < 4.78 is 0. The van der Waals surface area contributed by atoms with Crippen LogP contribution in [0.2, 0.25) is 5.02 Å². The largest absolute Gasteiger partial charge is 0.271 e. The maximum absolute atomic E-state index is 5.93. The molecular weight excluding hydrogens is 196 g/mol. The van der Waals surface area contributed by atoms with Crippen LogP contribution in [0, 0.1) is 19.3 Å². The fourth-order valence-corrected chi connectivity index (χ4v) is 1.65. The van der Waals surface area contributed by atoms with Gasteiger partial charge >= 0.3 is 0 Å². The highest BCUT2D eigenvalue weighted by Crippen LogP contribution is 2.21. The third-order valence-corrected chi connectivity index (χ3v) is 2.21. The highest BCUT2D eigenvalue weighted by molar-refractivity contribution is 6.30. The van der Waals surface area contributed by atoms with E-state index in [9.17, 15) is 0 Å². The highest BCUT2D eigenvalue weighted by atomic mass is 35.5. The second-order valence-corrected chi connectivity index (χ2v) is 3.63. The summed E-state index contributed by atoms with van der Waals surface area (Å²) in [4.78, 5) is 0. The molecule has 0 aromatic heterocycles. The quantitative estimate of drug-likeness (QED) is 0.454. The molecule has 0 saturated heterocycles. The van der Waals surface area contributed by atoms with E-state index in [2.05, 4.69) is 11.3 Å². The Morgan fingerprint density at radius 3 is 2.79 bits per heavy atom. The number of aryl methyl sites for hydroxylation is 1. The molecule has 3 N–H and O–H groups in total. The van der Waals surface area contributed by atoms with E-state index in [0.29, 0.717) is 11.4 Å². The van der Waals surface area contributed by atoms with Crippen LogP contribution in [-0.4, -0.2) is 0 Å². The molecular formula is C11H13ClN2. The molecule has 0 aliphatic rings. The van der Waals surface area contributed by atoms with Gasteiger partial charge in [0.2, 0.25) is 0 Å². The summed E-state index contributed by atoms with van der Waals surface area (Å²) in [6.45, 7) is 1.98. The molecule has 74 valence electrons. The maximum Gasteiger partial charge on any atom is 0.0569 e. The number of hydrogen-bond donors (Lipinski definition) is 2. The smallest absolute Gasteiger partial charge is 0.0569 e. The molecule has 1 aromatic carbocycles. The van der Waals surface area contributed by atoms with Crippen LogP contribution >= 0.6 is 11.6 Å². The molecule has 0 amide bonds. The zero-order valence-corrected chi connectivity index (χ0v) is 8.81. The monoisotopic (exact) mass is 208 g/mol. The maximum atomic E-state index is 5.93. The minimum absolute atomic E-state index is 0.0302. The number of benzene rings is 1. The summed E-state index contributed by atoms with van der Waals surface area (Å²) in [6, 6.07) is 5.76. The molecule has 0 aliphatic carbocycles. The van der Waals surface area contributed by atoms with Gasteiger partial charge in [-0.3, -0.25) is 11.3 Å². The summed E-state index contributed by atoms with van der Waals surface area (Å²) in [7, 11) is 0. The number of halogens is 1. The topological polar surface area (TPSA) is 38.0 Å². The van der Waals surface area contributed by atoms with Gasteiger partial charge in [-0.05, 0) is 30.2 Å². The van der Waals surface area contributed by atoms with Crippen molar-refractivity contribution in [2.75, 3.05) is 0 Å². The van der Waals surface area contributed by atoms with Crippen LogP contribution in [0.4, 0.5) is 0 Å². The van der Waals surface area contributed by atoms with Crippen LogP contribution in [0.3, 0.4) is 0 Å². The van der Waals surface area contributed by atoms with E-state index in [0.717, 1.165) is 11.1 Å². The Hall–Kier alpha value is -1.01. The first-order valence-corrected chi connectivity index (χ1v) is 4.72. The number of hydrogen-bond acceptors (Lipinski definition) is 2. The third-order valence-electron chi connectivity index (χ3n) is 1.99. The zero-order valence-electron chi connectivity index (χ0n) is 8.05. The molecule has 2 nitrogen and oxygen atoms in total. The molecule has 0 aliphatic heterocycles. The van der Waals surface area contributed by atoms with Crippen LogP contribution in [0.25, 0.3) is 0 Å². The van der Waals surface area contributed by atoms with Crippen LogP contribution in [0.15, 0.2) is 18.2 Å². The Kier molecular flexibility index (Phi) is 3.97. The normalized spacial score (nSPS) is 12.1. The zero-order chi connectivity index (χ0) is 10.6. The minimum Gasteiger partial charge on any atom is -0.271 e. The van der Waals surface area contributed by atoms with Crippen molar-refractivity contribution in [3.05, 3.63) is 34.3 Å². The molecule has 0 radical (unpaired) electrons. The number of nitrogens with one attached hydrogen (secondary N) is 1. The van der Waals surface area contributed by atoms with E-state index >= 15 is 0 Å². The Balaban J connectivity index is 2.98. The second-order valence-electron chi connectivity index (χ2n) is 3.19. The lowest BCUT2D eigenvalue weighted by Gasteiger charge is -2.14. The minimum atomic E-state index is -0.0302. The predicted octanol–water partition coefficient (Wildman–Crippen LogP) is 2.18. The van der Waals surface area contributed by atoms with Crippen molar-refractivity contribution in [3.8, 4) is 12.3 Å². The van der Waals surface area contributed by atoms with E-state index in [1.165, 1.54) is 0 Å². The third kappa shape index (κ3) is 2.74. The predicted molar refractivity (Wildman–Crippen MR) is 59.7 cm³/mol. The van der Waals surface area contributed by atoms with Crippen molar-refractivity contribution in [1.29, 1.82) is 0 Å². The van der Waals surface area contributed by atoms with Crippen LogP contribution in [0.5, 0.6) is 0 Å². The fourth-order valence-electron chi connectivity index (χ4n) is 1.36. The van der Waals surface area contributed by atoms with E-state index in [1.807, 2.05) is 25.1 Å². The van der Waals surface area contributed by atoms with Crippen molar-refractivity contribution in [1.82, 2.24) is 5.43 Å². The summed E-state index contributed by atoms with van der Waals surface area (Å²) in [6.07, 6.45) is 5.79. The molecule has 0 spiro atoms. The first-order valence-electron chi connectivity index (χ1n) is 4.34. The van der Waals surface area contributed by atoms with E-state index in [1.54, 1.807) is 0 Å². The average molecular weight is 209 g/mol. The van der Waals surface area contributed by atoms with Crippen molar-refractivity contribution < 1.29 is 0 Å². The molecule has 1 atom stereocenters. The number of terminal acetylenes is 1. The summed E-state index contributed by atoms with van der Waals surface area (Å²) in [5, 5.41) is 0.706. The van der Waals surface area contributed by atoms with Crippen LogP contribution in [0.1, 0.15) is 23.6 Å². The van der Waals surface area contributed by atoms with Crippen molar-refractivity contribution in [2.24, 2.45) is 5.84 Å². The standard InChI is InChI=1S/C11H13ClN2/c1-3-4-11(14-13)9-5-8(2)6-10(12)7-9/h1,5-7,11,14H,4,13H2,2H3. The van der Waals surface area contributed by atoms with Crippen molar-refractivity contribution in [2.45, 2.75) is 19.4 Å². The summed E-state index contributed by atoms with van der Waals surface area (Å²) in [5.74, 6) is 7.97. The average Bonchev–Trinajstić information content (AvgIpc) is 2.12. The first kappa shape index (κ1) is 11.1. The lowest BCUT2D eigenvalue weighted by Crippen LogP contribution is -2.27. The summed E-state index contributed by atoms with van der Waals surface area (Å²) >= 11 is 5.93. The summed E-state index contributed by atoms with van der Waals surface area (Å²) in [5.41, 5.74) is 4.80. The Bertz CT molecular complexity index is 335. The van der Waals surface area contributed by atoms with Crippen LogP contribution in [-0.2, 0) is 0 Å². The molecule has 0 bridgehead atoms. The Labute approximate surface area is 89.4 Å². The van der Waals surface area contributed by atoms with Crippen LogP contribution < -0.4 is 11.3 Å². The van der Waals surface area contributed by atoms with Gasteiger partial charge in [-0.25, -0.2) is 0 Å². The second kappa shape index (κ2) is 5.02. The van der Waals surface area contributed by atoms with Gasteiger partial charge in [0.1, 0.15) is 0 Å². The lowest BCUT2D eigenvalue weighted by molar-refractivity contribution is 0.568. The van der Waals surface area contributed by atoms with Gasteiger partial charge in [0.25, 0.3) is 0 Å². The van der Waals surface area contributed by atoms with Crippen molar-refractivity contribution >= 4 is 11.6 Å². The molecule has 3 heteroatoms. The molecule has 1 unspecified atom stereocenters.